The van der Waals surface area contributed by atoms with Crippen LogP contribution in [-0.4, -0.2) is 34.8 Å². The molecule has 2 aromatic carbocycles. The Bertz CT molecular complexity index is 1030. The molecule has 4 rings (SSSR count). The van der Waals surface area contributed by atoms with Crippen LogP contribution in [0.4, 0.5) is 5.82 Å². The molecule has 0 bridgehead atoms. The molecule has 1 aliphatic heterocycles. The number of fused-ring (bicyclic) bond motifs is 1. The number of anilines is 1. The fraction of sp³-hybridized carbons (Fsp3) is 0.261. The molecule has 0 saturated carbocycles. The Morgan fingerprint density at radius 3 is 2.68 bits per heavy atom. The van der Waals surface area contributed by atoms with Gasteiger partial charge in [0, 0.05) is 24.3 Å². The van der Waals surface area contributed by atoms with E-state index < -0.39 is 0 Å². The van der Waals surface area contributed by atoms with Crippen molar-refractivity contribution in [2.75, 3.05) is 18.4 Å². The number of hydrogen-bond acceptors (Lipinski definition) is 3. The van der Waals surface area contributed by atoms with Gasteiger partial charge in [-0.2, -0.15) is 0 Å². The third kappa shape index (κ3) is 3.74. The van der Waals surface area contributed by atoms with E-state index in [-0.39, 0.29) is 17.7 Å². The lowest BCUT2D eigenvalue weighted by Crippen LogP contribution is -2.43. The Balaban J connectivity index is 1.50. The largest absolute Gasteiger partial charge is 0.338 e. The normalized spacial score (nSPS) is 16.8. The number of benzene rings is 2. The highest BCUT2D eigenvalue weighted by Gasteiger charge is 2.29. The summed E-state index contributed by atoms with van der Waals surface area (Å²) in [6.45, 7) is 3.00. The van der Waals surface area contributed by atoms with Crippen LogP contribution < -0.4 is 5.32 Å². The van der Waals surface area contributed by atoms with Gasteiger partial charge in [0.15, 0.2) is 0 Å². The van der Waals surface area contributed by atoms with Crippen LogP contribution in [0, 0.1) is 12.8 Å². The van der Waals surface area contributed by atoms with Crippen molar-refractivity contribution in [2.45, 2.75) is 19.8 Å². The maximum atomic E-state index is 13.2. The molecule has 3 aromatic rings. The molecule has 1 fully saturated rings. The number of rotatable bonds is 3. The lowest BCUT2D eigenvalue weighted by molar-refractivity contribution is -0.121. The van der Waals surface area contributed by atoms with Crippen LogP contribution in [0.5, 0.6) is 0 Å². The number of carbonyl (C=O) groups is 2. The lowest BCUT2D eigenvalue weighted by atomic mass is 9.95. The number of pyridine rings is 1. The number of nitrogens with zero attached hydrogens (tertiary/aromatic N) is 2. The van der Waals surface area contributed by atoms with E-state index in [2.05, 4.69) is 10.3 Å². The summed E-state index contributed by atoms with van der Waals surface area (Å²) in [4.78, 5) is 32.0. The molecule has 1 saturated heterocycles. The smallest absolute Gasteiger partial charge is 0.254 e. The second kappa shape index (κ2) is 7.80. The summed E-state index contributed by atoms with van der Waals surface area (Å²) in [5, 5.41) is 4.89. The Hall–Kier alpha value is -3.21. The van der Waals surface area contributed by atoms with E-state index in [4.69, 9.17) is 0 Å². The zero-order valence-electron chi connectivity index (χ0n) is 15.9. The van der Waals surface area contributed by atoms with Crippen molar-refractivity contribution in [3.05, 3.63) is 71.9 Å². The highest BCUT2D eigenvalue weighted by Crippen LogP contribution is 2.24. The minimum atomic E-state index is -0.227. The average molecular weight is 373 g/mol. The number of nitrogens with one attached hydrogen (secondary N) is 1. The van der Waals surface area contributed by atoms with Gasteiger partial charge in [-0.05, 0) is 48.7 Å². The van der Waals surface area contributed by atoms with E-state index in [1.807, 2.05) is 61.5 Å². The second-order valence-electron chi connectivity index (χ2n) is 7.27. The minimum Gasteiger partial charge on any atom is -0.338 e. The molecule has 1 aromatic heterocycles. The summed E-state index contributed by atoms with van der Waals surface area (Å²) in [7, 11) is 0. The van der Waals surface area contributed by atoms with E-state index in [1.54, 1.807) is 11.0 Å². The molecule has 0 unspecified atom stereocenters. The first-order valence-electron chi connectivity index (χ1n) is 9.63. The van der Waals surface area contributed by atoms with E-state index in [1.165, 1.54) is 0 Å². The molecule has 0 radical (unpaired) electrons. The maximum absolute atomic E-state index is 13.2. The van der Waals surface area contributed by atoms with E-state index in [0.29, 0.717) is 24.5 Å². The van der Waals surface area contributed by atoms with Crippen molar-refractivity contribution >= 4 is 28.4 Å². The standard InChI is InChI=1S/C23H23N3O2/c1-16-7-4-13-21(24-16)25-22(27)18-10-6-14-26(15-18)23(28)20-12-5-9-17-8-2-3-11-19(17)20/h2-5,7-9,11-13,18H,6,10,14-15H2,1H3,(H,24,25,27)/t18-/m1/s1. The fourth-order valence-corrected chi connectivity index (χ4v) is 3.80. The van der Waals surface area contributed by atoms with E-state index in [0.717, 1.165) is 29.3 Å². The number of carbonyl (C=O) groups excluding carboxylic acids is 2. The zero-order chi connectivity index (χ0) is 19.5. The van der Waals surface area contributed by atoms with Crippen LogP contribution >= 0.6 is 0 Å². The number of hydrogen-bond donors (Lipinski definition) is 1. The molecule has 0 aliphatic carbocycles. The molecular formula is C23H23N3O2. The monoisotopic (exact) mass is 373 g/mol. The van der Waals surface area contributed by atoms with Crippen LogP contribution in [0.2, 0.25) is 0 Å². The minimum absolute atomic E-state index is 0.0111. The molecule has 5 nitrogen and oxygen atoms in total. The highest BCUT2D eigenvalue weighted by molar-refractivity contribution is 6.07. The Morgan fingerprint density at radius 1 is 1.04 bits per heavy atom. The van der Waals surface area contributed by atoms with Gasteiger partial charge in [-0.1, -0.05) is 42.5 Å². The van der Waals surface area contributed by atoms with E-state index in [9.17, 15) is 9.59 Å². The van der Waals surface area contributed by atoms with Gasteiger partial charge in [0.1, 0.15) is 5.82 Å². The van der Waals surface area contributed by atoms with Crippen LogP contribution in [0.25, 0.3) is 10.8 Å². The van der Waals surface area contributed by atoms with Gasteiger partial charge in [-0.3, -0.25) is 9.59 Å². The second-order valence-corrected chi connectivity index (χ2v) is 7.27. The maximum Gasteiger partial charge on any atom is 0.254 e. The van der Waals surface area contributed by atoms with Gasteiger partial charge in [-0.15, -0.1) is 0 Å². The summed E-state index contributed by atoms with van der Waals surface area (Å²) in [5.74, 6) is 0.244. The number of amides is 2. The molecule has 1 N–H and O–H groups in total. The summed E-state index contributed by atoms with van der Waals surface area (Å²) in [5.41, 5.74) is 1.55. The van der Waals surface area contributed by atoms with Crippen molar-refractivity contribution < 1.29 is 9.59 Å². The van der Waals surface area contributed by atoms with Gasteiger partial charge in [0.2, 0.25) is 5.91 Å². The first-order valence-corrected chi connectivity index (χ1v) is 9.63. The molecule has 5 heteroatoms. The molecule has 1 aliphatic rings. The highest BCUT2D eigenvalue weighted by atomic mass is 16.2. The predicted molar refractivity (Wildman–Crippen MR) is 110 cm³/mol. The number of aryl methyl sites for hydroxylation is 1. The van der Waals surface area contributed by atoms with Crippen LogP contribution in [0.3, 0.4) is 0 Å². The summed E-state index contributed by atoms with van der Waals surface area (Å²) < 4.78 is 0. The van der Waals surface area contributed by atoms with Crippen LogP contribution in [-0.2, 0) is 4.79 Å². The number of aromatic nitrogens is 1. The van der Waals surface area contributed by atoms with Gasteiger partial charge in [-0.25, -0.2) is 4.98 Å². The average Bonchev–Trinajstić information content (AvgIpc) is 2.73. The molecule has 2 heterocycles. The Labute approximate surface area is 164 Å². The first-order chi connectivity index (χ1) is 13.6. The topological polar surface area (TPSA) is 62.3 Å². The molecule has 0 spiro atoms. The Morgan fingerprint density at radius 2 is 1.82 bits per heavy atom. The van der Waals surface area contributed by atoms with Gasteiger partial charge < -0.3 is 10.2 Å². The summed E-state index contributed by atoms with van der Waals surface area (Å²) in [6, 6.07) is 19.2. The SMILES string of the molecule is Cc1cccc(NC(=O)[C@@H]2CCCN(C(=O)c3cccc4ccccc34)C2)n1. The predicted octanol–water partition coefficient (Wildman–Crippen LogP) is 4.03. The third-order valence-electron chi connectivity index (χ3n) is 5.24. The van der Waals surface area contributed by atoms with Crippen molar-refractivity contribution in [3.63, 3.8) is 0 Å². The quantitative estimate of drug-likeness (QED) is 0.754. The third-order valence-corrected chi connectivity index (χ3v) is 5.24. The Kier molecular flexibility index (Phi) is 5.06. The van der Waals surface area contributed by atoms with Gasteiger partial charge in [0.05, 0.1) is 5.92 Å². The van der Waals surface area contributed by atoms with Gasteiger partial charge >= 0.3 is 0 Å². The van der Waals surface area contributed by atoms with Crippen molar-refractivity contribution in [2.24, 2.45) is 5.92 Å². The first kappa shape index (κ1) is 18.2. The summed E-state index contributed by atoms with van der Waals surface area (Å²) >= 11 is 0. The van der Waals surface area contributed by atoms with Gasteiger partial charge in [0.25, 0.3) is 5.91 Å². The van der Waals surface area contributed by atoms with Crippen LogP contribution in [0.15, 0.2) is 60.7 Å². The zero-order valence-corrected chi connectivity index (χ0v) is 15.9. The molecular weight excluding hydrogens is 350 g/mol. The van der Waals surface area contributed by atoms with Crippen molar-refractivity contribution in [1.82, 2.24) is 9.88 Å². The molecule has 1 atom stereocenters. The number of likely N-dealkylation sites (tertiary alicyclic amines) is 1. The number of piperidine rings is 1. The molecule has 142 valence electrons. The van der Waals surface area contributed by atoms with Crippen LogP contribution in [0.1, 0.15) is 28.9 Å². The van der Waals surface area contributed by atoms with Crippen molar-refractivity contribution in [1.29, 1.82) is 0 Å². The summed E-state index contributed by atoms with van der Waals surface area (Å²) in [6.07, 6.45) is 1.59. The molecule has 28 heavy (non-hydrogen) atoms. The lowest BCUT2D eigenvalue weighted by Gasteiger charge is -2.32. The van der Waals surface area contributed by atoms with E-state index >= 15 is 0 Å². The fourth-order valence-electron chi connectivity index (χ4n) is 3.80. The van der Waals surface area contributed by atoms with Crippen molar-refractivity contribution in [3.8, 4) is 0 Å². The molecule has 2 amide bonds.